The Balaban J connectivity index is 1.28. The summed E-state index contributed by atoms with van der Waals surface area (Å²) in [5.41, 5.74) is 10.5. The molecule has 0 bridgehead atoms. The number of thiazole rings is 1. The number of anilines is 3. The van der Waals surface area contributed by atoms with Gasteiger partial charge in [0.05, 0.1) is 11.1 Å². The molecule has 1 aliphatic rings. The van der Waals surface area contributed by atoms with Gasteiger partial charge >= 0.3 is 0 Å². The second-order valence-corrected chi connectivity index (χ2v) is 9.57. The minimum Gasteiger partial charge on any atom is -0.490 e. The second-order valence-electron chi connectivity index (χ2n) is 8.68. The number of nitrogens with zero attached hydrogens (tertiary/aromatic N) is 4. The first-order valence-corrected chi connectivity index (χ1v) is 12.8. The number of aromatic nitrogens is 4. The molecule has 0 spiro atoms. The molecule has 0 saturated carbocycles. The molecule has 0 unspecified atom stereocenters. The van der Waals surface area contributed by atoms with Gasteiger partial charge in [0.15, 0.2) is 0 Å². The number of nitrogens with one attached hydrogen (secondary N) is 2. The molecule has 8 nitrogen and oxygen atoms in total. The molecule has 2 aromatic carbocycles. The summed E-state index contributed by atoms with van der Waals surface area (Å²) in [6.45, 7) is 1.93. The van der Waals surface area contributed by atoms with Crippen LogP contribution in [0.5, 0.6) is 5.75 Å². The average molecular weight is 496 g/mol. The molecular formula is C27H25N7OS. The normalized spacial score (nSPS) is 14.1. The predicted octanol–water partition coefficient (Wildman–Crippen LogP) is 5.27. The van der Waals surface area contributed by atoms with Gasteiger partial charge in [-0.25, -0.2) is 19.9 Å². The summed E-state index contributed by atoms with van der Waals surface area (Å²) in [6, 6.07) is 15.9. The number of nitrogens with two attached hydrogens (primary N) is 1. The van der Waals surface area contributed by atoms with E-state index in [1.165, 1.54) is 0 Å². The molecule has 9 heteroatoms. The lowest BCUT2D eigenvalue weighted by Crippen LogP contribution is -2.34. The first kappa shape index (κ1) is 22.4. The molecule has 3 aromatic heterocycles. The van der Waals surface area contributed by atoms with E-state index in [1.807, 2.05) is 54.2 Å². The number of pyridine rings is 1. The number of rotatable bonds is 6. The lowest BCUT2D eigenvalue weighted by atomic mass is 10.1. The molecule has 1 aliphatic heterocycles. The number of ether oxygens (including phenoxy) is 1. The van der Waals surface area contributed by atoms with Crippen LogP contribution in [0.3, 0.4) is 0 Å². The van der Waals surface area contributed by atoms with E-state index in [4.69, 9.17) is 15.5 Å². The quantitative estimate of drug-likeness (QED) is 0.292. The zero-order valence-electron chi connectivity index (χ0n) is 19.5. The van der Waals surface area contributed by atoms with Crippen molar-refractivity contribution in [3.8, 4) is 27.4 Å². The highest BCUT2D eigenvalue weighted by molar-refractivity contribution is 7.13. The highest BCUT2D eigenvalue weighted by Gasteiger charge is 2.19. The third kappa shape index (κ3) is 4.84. The van der Waals surface area contributed by atoms with Crippen molar-refractivity contribution in [3.63, 3.8) is 0 Å². The zero-order valence-corrected chi connectivity index (χ0v) is 20.3. The van der Waals surface area contributed by atoms with Crippen LogP contribution >= 0.6 is 11.3 Å². The topological polar surface area (TPSA) is 111 Å². The van der Waals surface area contributed by atoms with Gasteiger partial charge in [-0.2, -0.15) is 0 Å². The van der Waals surface area contributed by atoms with Crippen molar-refractivity contribution >= 4 is 39.7 Å². The van der Waals surface area contributed by atoms with E-state index in [9.17, 15) is 0 Å². The van der Waals surface area contributed by atoms with Crippen molar-refractivity contribution in [1.82, 2.24) is 25.3 Å². The molecule has 5 aromatic rings. The minimum atomic E-state index is 0.177. The van der Waals surface area contributed by atoms with Gasteiger partial charge in [-0.05, 0) is 61.8 Å². The smallest absolute Gasteiger partial charge is 0.227 e. The van der Waals surface area contributed by atoms with Gasteiger partial charge in [0.25, 0.3) is 0 Å². The van der Waals surface area contributed by atoms with Gasteiger partial charge in [0.1, 0.15) is 22.7 Å². The zero-order chi connectivity index (χ0) is 24.3. The Bertz CT molecular complexity index is 1470. The number of fused-ring (bicyclic) bond motifs is 1. The Morgan fingerprint density at radius 2 is 1.78 bits per heavy atom. The van der Waals surface area contributed by atoms with E-state index >= 15 is 0 Å². The van der Waals surface area contributed by atoms with E-state index < -0.39 is 0 Å². The Labute approximate surface area is 212 Å². The van der Waals surface area contributed by atoms with E-state index in [2.05, 4.69) is 31.7 Å². The summed E-state index contributed by atoms with van der Waals surface area (Å²) in [7, 11) is 0. The number of hydrogen-bond donors (Lipinski definition) is 3. The number of hydrogen-bond acceptors (Lipinski definition) is 9. The van der Waals surface area contributed by atoms with Crippen molar-refractivity contribution in [3.05, 3.63) is 72.5 Å². The van der Waals surface area contributed by atoms with Gasteiger partial charge in [-0.3, -0.25) is 0 Å². The van der Waals surface area contributed by atoms with E-state index in [-0.39, 0.29) is 6.10 Å². The van der Waals surface area contributed by atoms with Crippen LogP contribution in [0.25, 0.3) is 32.6 Å². The maximum atomic E-state index is 6.47. The van der Waals surface area contributed by atoms with E-state index in [0.29, 0.717) is 11.8 Å². The Kier molecular flexibility index (Phi) is 6.15. The van der Waals surface area contributed by atoms with Crippen LogP contribution in [-0.4, -0.2) is 39.1 Å². The lowest BCUT2D eigenvalue weighted by Gasteiger charge is -2.25. The van der Waals surface area contributed by atoms with Crippen LogP contribution in [0.2, 0.25) is 0 Å². The first-order chi connectivity index (χ1) is 17.7. The fraction of sp³-hybridized carbons (Fsp3) is 0.185. The van der Waals surface area contributed by atoms with Gasteiger partial charge < -0.3 is 21.1 Å². The van der Waals surface area contributed by atoms with E-state index in [0.717, 1.165) is 70.0 Å². The molecule has 180 valence electrons. The van der Waals surface area contributed by atoms with Crippen LogP contribution < -0.4 is 21.1 Å². The number of benzene rings is 2. The molecule has 4 N–H and O–H groups in total. The third-order valence-corrected chi connectivity index (χ3v) is 6.99. The molecule has 0 aliphatic carbocycles. The van der Waals surface area contributed by atoms with Crippen LogP contribution in [0, 0.1) is 0 Å². The molecular weight excluding hydrogens is 470 g/mol. The molecule has 36 heavy (non-hydrogen) atoms. The van der Waals surface area contributed by atoms with Gasteiger partial charge in [-0.15, -0.1) is 11.3 Å². The molecule has 0 amide bonds. The third-order valence-electron chi connectivity index (χ3n) is 6.18. The van der Waals surface area contributed by atoms with Crippen LogP contribution in [-0.2, 0) is 0 Å². The summed E-state index contributed by atoms with van der Waals surface area (Å²) in [5.74, 6) is 1.85. The van der Waals surface area contributed by atoms with Crippen LogP contribution in [0.1, 0.15) is 12.8 Å². The number of nitrogen functional groups attached to an aromatic ring is 1. The predicted molar refractivity (Wildman–Crippen MR) is 145 cm³/mol. The highest BCUT2D eigenvalue weighted by atomic mass is 32.1. The van der Waals surface area contributed by atoms with Crippen LogP contribution in [0.15, 0.2) is 72.5 Å². The monoisotopic (exact) mass is 495 g/mol. The number of piperidine rings is 1. The maximum absolute atomic E-state index is 6.47. The standard InChI is InChI=1S/C27H25N7OS/c28-25-6-3-18(15-31-25)17-1-4-20(5-2-17)33-27-32-16-19-13-22(26-30-11-12-36-26)24(14-23(19)34-27)35-21-7-9-29-10-8-21/h1-6,11-16,21,29H,7-10H2,(H2,28,31)(H,32,33,34). The van der Waals surface area contributed by atoms with Gasteiger partial charge in [-0.1, -0.05) is 12.1 Å². The Morgan fingerprint density at radius 1 is 0.944 bits per heavy atom. The van der Waals surface area contributed by atoms with E-state index in [1.54, 1.807) is 23.6 Å². The van der Waals surface area contributed by atoms with Crippen molar-refractivity contribution < 1.29 is 4.74 Å². The Hall–Kier alpha value is -4.08. The molecule has 0 radical (unpaired) electrons. The Morgan fingerprint density at radius 3 is 2.53 bits per heavy atom. The van der Waals surface area contributed by atoms with Crippen molar-refractivity contribution in [2.45, 2.75) is 18.9 Å². The average Bonchev–Trinajstić information content (AvgIpc) is 3.45. The molecule has 1 saturated heterocycles. The lowest BCUT2D eigenvalue weighted by molar-refractivity contribution is 0.163. The van der Waals surface area contributed by atoms with Gasteiger partial charge in [0, 0.05) is 46.7 Å². The summed E-state index contributed by atoms with van der Waals surface area (Å²) in [5, 5.41) is 10.5. The summed E-state index contributed by atoms with van der Waals surface area (Å²) < 4.78 is 6.47. The highest BCUT2D eigenvalue weighted by Crippen LogP contribution is 2.36. The van der Waals surface area contributed by atoms with Crippen molar-refractivity contribution in [2.24, 2.45) is 0 Å². The summed E-state index contributed by atoms with van der Waals surface area (Å²) >= 11 is 1.60. The van der Waals surface area contributed by atoms with Gasteiger partial charge in [0.2, 0.25) is 5.95 Å². The van der Waals surface area contributed by atoms with Crippen LogP contribution in [0.4, 0.5) is 17.5 Å². The van der Waals surface area contributed by atoms with Crippen molar-refractivity contribution in [2.75, 3.05) is 24.1 Å². The minimum absolute atomic E-state index is 0.177. The molecule has 1 fully saturated rings. The largest absolute Gasteiger partial charge is 0.490 e. The molecule has 4 heterocycles. The fourth-order valence-corrected chi connectivity index (χ4v) is 4.94. The summed E-state index contributed by atoms with van der Waals surface area (Å²) in [4.78, 5) is 18.0. The summed E-state index contributed by atoms with van der Waals surface area (Å²) in [6.07, 6.45) is 7.56. The molecule has 0 atom stereocenters. The van der Waals surface area contributed by atoms with Crippen molar-refractivity contribution in [1.29, 1.82) is 0 Å². The SMILES string of the molecule is Nc1ccc(-c2ccc(Nc3ncc4cc(-c5nccs5)c(OC5CCNCC5)cc4n3)cc2)cn1. The maximum Gasteiger partial charge on any atom is 0.227 e. The fourth-order valence-electron chi connectivity index (χ4n) is 4.29. The molecule has 6 rings (SSSR count). The first-order valence-electron chi connectivity index (χ1n) is 11.9. The second kappa shape index (κ2) is 9.88.